The minimum atomic E-state index is -0.0192. The predicted molar refractivity (Wildman–Crippen MR) is 91.2 cm³/mol. The molecule has 0 fully saturated rings. The zero-order valence-electron chi connectivity index (χ0n) is 12.2. The van der Waals surface area contributed by atoms with Crippen LogP contribution in [0.15, 0.2) is 61.7 Å². The standard InChI is InChI=1S/C20H18O/c1-4-17-11-12-19(14-18(17)5-2)20(21)13-10-16-8-6-15(3)7-9-16/h4-14H,1-2H2,3H3/b13-10+. The minimum Gasteiger partial charge on any atom is -0.289 e. The van der Waals surface area contributed by atoms with E-state index in [4.69, 9.17) is 0 Å². The maximum absolute atomic E-state index is 12.2. The number of carbonyl (C=O) groups excluding carboxylic acids is 1. The lowest BCUT2D eigenvalue weighted by atomic mass is 10.0. The Balaban J connectivity index is 2.22. The summed E-state index contributed by atoms with van der Waals surface area (Å²) in [7, 11) is 0. The number of allylic oxidation sites excluding steroid dienone is 1. The number of benzene rings is 2. The molecule has 0 atom stereocenters. The SMILES string of the molecule is C=Cc1ccc(C(=O)/C=C/c2ccc(C)cc2)cc1C=C. The average Bonchev–Trinajstić information content (AvgIpc) is 2.53. The molecule has 1 nitrogen and oxygen atoms in total. The van der Waals surface area contributed by atoms with Gasteiger partial charge in [0.25, 0.3) is 0 Å². The van der Waals surface area contributed by atoms with E-state index in [1.807, 2.05) is 55.5 Å². The smallest absolute Gasteiger partial charge is 0.185 e. The third-order valence-electron chi connectivity index (χ3n) is 3.32. The highest BCUT2D eigenvalue weighted by Gasteiger charge is 2.04. The quantitative estimate of drug-likeness (QED) is 0.542. The molecule has 0 unspecified atom stereocenters. The maximum atomic E-state index is 12.2. The summed E-state index contributed by atoms with van der Waals surface area (Å²) in [6.07, 6.45) is 6.92. The molecular formula is C20H18O. The molecule has 1 heteroatoms. The lowest BCUT2D eigenvalue weighted by Crippen LogP contribution is -1.95. The fourth-order valence-corrected chi connectivity index (χ4v) is 2.04. The Kier molecular flexibility index (Phi) is 4.68. The fraction of sp³-hybridized carbons (Fsp3) is 0.0500. The van der Waals surface area contributed by atoms with Crippen LogP contribution in [0.25, 0.3) is 18.2 Å². The topological polar surface area (TPSA) is 17.1 Å². The number of hydrogen-bond acceptors (Lipinski definition) is 1. The summed E-state index contributed by atoms with van der Waals surface area (Å²) in [6.45, 7) is 9.55. The first kappa shape index (κ1) is 14.7. The molecule has 0 aliphatic rings. The number of aryl methyl sites for hydroxylation is 1. The Morgan fingerprint density at radius 3 is 2.24 bits per heavy atom. The summed E-state index contributed by atoms with van der Waals surface area (Å²) < 4.78 is 0. The maximum Gasteiger partial charge on any atom is 0.185 e. The van der Waals surface area contributed by atoms with Crippen molar-refractivity contribution in [3.05, 3.63) is 89.5 Å². The predicted octanol–water partition coefficient (Wildman–Crippen LogP) is 5.18. The van der Waals surface area contributed by atoms with Gasteiger partial charge in [-0.2, -0.15) is 0 Å². The van der Waals surface area contributed by atoms with Crippen LogP contribution >= 0.6 is 0 Å². The molecule has 2 aromatic rings. The van der Waals surface area contributed by atoms with Crippen LogP contribution in [0.4, 0.5) is 0 Å². The molecule has 2 aromatic carbocycles. The van der Waals surface area contributed by atoms with Gasteiger partial charge >= 0.3 is 0 Å². The van der Waals surface area contributed by atoms with Gasteiger partial charge in [0.05, 0.1) is 0 Å². The summed E-state index contributed by atoms with van der Waals surface area (Å²) >= 11 is 0. The number of ketones is 1. The van der Waals surface area contributed by atoms with Crippen molar-refractivity contribution in [2.45, 2.75) is 6.92 Å². The molecule has 104 valence electrons. The molecule has 21 heavy (non-hydrogen) atoms. The van der Waals surface area contributed by atoms with E-state index < -0.39 is 0 Å². The molecule has 0 heterocycles. The lowest BCUT2D eigenvalue weighted by Gasteiger charge is -2.03. The van der Waals surface area contributed by atoms with E-state index in [1.54, 1.807) is 18.2 Å². The Bertz CT molecular complexity index is 703. The third-order valence-corrected chi connectivity index (χ3v) is 3.32. The van der Waals surface area contributed by atoms with Crippen LogP contribution in [0.2, 0.25) is 0 Å². The Hall–Kier alpha value is -2.67. The zero-order valence-corrected chi connectivity index (χ0v) is 12.2. The second-order valence-electron chi connectivity index (χ2n) is 4.86. The van der Waals surface area contributed by atoms with E-state index in [9.17, 15) is 4.79 Å². The highest BCUT2D eigenvalue weighted by Crippen LogP contribution is 2.16. The summed E-state index contributed by atoms with van der Waals surface area (Å²) in [5.41, 5.74) is 4.76. The highest BCUT2D eigenvalue weighted by molar-refractivity contribution is 6.07. The first-order valence-electron chi connectivity index (χ1n) is 6.82. The van der Waals surface area contributed by atoms with Gasteiger partial charge in [-0.25, -0.2) is 0 Å². The van der Waals surface area contributed by atoms with Gasteiger partial charge in [0.2, 0.25) is 0 Å². The van der Waals surface area contributed by atoms with E-state index in [-0.39, 0.29) is 5.78 Å². The first-order valence-corrected chi connectivity index (χ1v) is 6.82. The molecule has 0 spiro atoms. The van der Waals surface area contributed by atoms with E-state index >= 15 is 0 Å². The number of rotatable bonds is 5. The van der Waals surface area contributed by atoms with Gasteiger partial charge in [-0.15, -0.1) is 0 Å². The summed E-state index contributed by atoms with van der Waals surface area (Å²) in [5.74, 6) is -0.0192. The molecule has 0 N–H and O–H groups in total. The average molecular weight is 274 g/mol. The van der Waals surface area contributed by atoms with E-state index in [1.165, 1.54) is 5.56 Å². The summed E-state index contributed by atoms with van der Waals surface area (Å²) in [4.78, 5) is 12.2. The van der Waals surface area contributed by atoms with Crippen LogP contribution in [-0.2, 0) is 0 Å². The van der Waals surface area contributed by atoms with E-state index in [2.05, 4.69) is 13.2 Å². The van der Waals surface area contributed by atoms with Crippen molar-refractivity contribution in [2.75, 3.05) is 0 Å². The molecule has 0 aliphatic carbocycles. The zero-order chi connectivity index (χ0) is 15.2. The Morgan fingerprint density at radius 1 is 0.952 bits per heavy atom. The molecule has 0 amide bonds. The fourth-order valence-electron chi connectivity index (χ4n) is 2.04. The molecule has 0 aromatic heterocycles. The number of carbonyl (C=O) groups is 1. The molecular weight excluding hydrogens is 256 g/mol. The van der Waals surface area contributed by atoms with Gasteiger partial charge in [-0.1, -0.05) is 73.3 Å². The van der Waals surface area contributed by atoms with Crippen LogP contribution in [0, 0.1) is 6.92 Å². The van der Waals surface area contributed by atoms with Crippen molar-refractivity contribution in [1.29, 1.82) is 0 Å². The van der Waals surface area contributed by atoms with Crippen LogP contribution in [-0.4, -0.2) is 5.78 Å². The summed E-state index contributed by atoms with van der Waals surface area (Å²) in [6, 6.07) is 13.6. The van der Waals surface area contributed by atoms with E-state index in [0.29, 0.717) is 5.56 Å². The number of hydrogen-bond donors (Lipinski definition) is 0. The highest BCUT2D eigenvalue weighted by atomic mass is 16.1. The second-order valence-corrected chi connectivity index (χ2v) is 4.86. The van der Waals surface area contributed by atoms with Crippen molar-refractivity contribution in [2.24, 2.45) is 0 Å². The molecule has 0 bridgehead atoms. The van der Waals surface area contributed by atoms with E-state index in [0.717, 1.165) is 16.7 Å². The van der Waals surface area contributed by atoms with Crippen molar-refractivity contribution in [1.82, 2.24) is 0 Å². The van der Waals surface area contributed by atoms with Crippen molar-refractivity contribution < 1.29 is 4.79 Å². The van der Waals surface area contributed by atoms with Crippen molar-refractivity contribution >= 4 is 24.0 Å². The second kappa shape index (κ2) is 6.67. The van der Waals surface area contributed by atoms with Gasteiger partial charge in [0, 0.05) is 5.56 Å². The van der Waals surface area contributed by atoms with Gasteiger partial charge < -0.3 is 0 Å². The lowest BCUT2D eigenvalue weighted by molar-refractivity contribution is 0.104. The first-order chi connectivity index (χ1) is 10.1. The van der Waals surface area contributed by atoms with Gasteiger partial charge in [0.1, 0.15) is 0 Å². The van der Waals surface area contributed by atoms with Crippen LogP contribution in [0.1, 0.15) is 32.6 Å². The van der Waals surface area contributed by atoms with Crippen molar-refractivity contribution in [3.63, 3.8) is 0 Å². The van der Waals surface area contributed by atoms with Gasteiger partial charge in [-0.05, 0) is 35.8 Å². The van der Waals surface area contributed by atoms with Gasteiger partial charge in [0.15, 0.2) is 5.78 Å². The normalized spacial score (nSPS) is 10.5. The third kappa shape index (κ3) is 3.67. The molecule has 0 saturated heterocycles. The van der Waals surface area contributed by atoms with Crippen LogP contribution in [0.3, 0.4) is 0 Å². The summed E-state index contributed by atoms with van der Waals surface area (Å²) in [5, 5.41) is 0. The molecule has 0 saturated carbocycles. The van der Waals surface area contributed by atoms with Crippen LogP contribution < -0.4 is 0 Å². The monoisotopic (exact) mass is 274 g/mol. The van der Waals surface area contributed by atoms with Crippen LogP contribution in [0.5, 0.6) is 0 Å². The largest absolute Gasteiger partial charge is 0.289 e. The Morgan fingerprint density at radius 2 is 1.62 bits per heavy atom. The minimum absolute atomic E-state index is 0.0192. The molecule has 2 rings (SSSR count). The molecule has 0 aliphatic heterocycles. The van der Waals surface area contributed by atoms with Gasteiger partial charge in [-0.3, -0.25) is 4.79 Å². The van der Waals surface area contributed by atoms with Crippen molar-refractivity contribution in [3.8, 4) is 0 Å². The Labute approximate surface area is 126 Å². The molecule has 0 radical (unpaired) electrons.